The van der Waals surface area contributed by atoms with E-state index in [0.717, 1.165) is 25.9 Å². The first-order valence-corrected chi connectivity index (χ1v) is 8.52. The third-order valence-corrected chi connectivity index (χ3v) is 5.50. The molecule has 1 aliphatic heterocycles. The van der Waals surface area contributed by atoms with E-state index in [1.54, 1.807) is 0 Å². The molecule has 7 nitrogen and oxygen atoms in total. The topological polar surface area (TPSA) is 85.6 Å². The Morgan fingerprint density at radius 1 is 1.25 bits per heavy atom. The SMILES string of the molecule is COC(=O)c1cnc(N2CCC3(CCCCC3)CC2)c([N+](=O)[O-])c1. The van der Waals surface area contributed by atoms with E-state index in [1.807, 2.05) is 4.90 Å². The Morgan fingerprint density at radius 3 is 2.50 bits per heavy atom. The van der Waals surface area contributed by atoms with Crippen molar-refractivity contribution in [3.63, 3.8) is 0 Å². The van der Waals surface area contributed by atoms with E-state index in [0.29, 0.717) is 11.2 Å². The molecule has 0 bridgehead atoms. The second-order valence-corrected chi connectivity index (χ2v) is 6.86. The molecule has 130 valence electrons. The zero-order valence-electron chi connectivity index (χ0n) is 14.0. The number of pyridine rings is 1. The standard InChI is InChI=1S/C17H23N3O4/c1-24-16(21)13-11-14(20(22)23)15(18-12-13)19-9-7-17(8-10-19)5-3-2-4-6-17/h11-12H,2-10H2,1H3. The number of carbonyl (C=O) groups is 1. The van der Waals surface area contributed by atoms with Gasteiger partial charge in [0.25, 0.3) is 0 Å². The summed E-state index contributed by atoms with van der Waals surface area (Å²) < 4.78 is 4.62. The molecule has 2 fully saturated rings. The molecule has 1 aliphatic carbocycles. The molecule has 0 unspecified atom stereocenters. The van der Waals surface area contributed by atoms with Gasteiger partial charge in [0.15, 0.2) is 0 Å². The fraction of sp³-hybridized carbons (Fsp3) is 0.647. The highest BCUT2D eigenvalue weighted by Gasteiger charge is 2.37. The van der Waals surface area contributed by atoms with E-state index in [-0.39, 0.29) is 11.3 Å². The van der Waals surface area contributed by atoms with Gasteiger partial charge < -0.3 is 9.64 Å². The number of aromatic nitrogens is 1. The predicted octanol–water partition coefficient (Wildman–Crippen LogP) is 3.33. The maximum atomic E-state index is 11.6. The average Bonchev–Trinajstić information content (AvgIpc) is 2.62. The fourth-order valence-corrected chi connectivity index (χ4v) is 4.05. The quantitative estimate of drug-likeness (QED) is 0.479. The molecule has 0 N–H and O–H groups in total. The average molecular weight is 333 g/mol. The smallest absolute Gasteiger partial charge is 0.339 e. The fourth-order valence-electron chi connectivity index (χ4n) is 4.05. The Kier molecular flexibility index (Phi) is 4.69. The number of hydrogen-bond donors (Lipinski definition) is 0. The summed E-state index contributed by atoms with van der Waals surface area (Å²) in [7, 11) is 1.25. The number of nitrogens with zero attached hydrogens (tertiary/aromatic N) is 3. The van der Waals surface area contributed by atoms with Crippen LogP contribution in [-0.2, 0) is 4.74 Å². The first kappa shape index (κ1) is 16.7. The normalized spacial score (nSPS) is 20.0. The van der Waals surface area contributed by atoms with Crippen molar-refractivity contribution in [2.75, 3.05) is 25.1 Å². The van der Waals surface area contributed by atoms with E-state index < -0.39 is 10.9 Å². The molecule has 0 aromatic carbocycles. The van der Waals surface area contributed by atoms with Crippen LogP contribution in [0, 0.1) is 15.5 Å². The minimum atomic E-state index is -0.614. The molecule has 2 aliphatic rings. The molecule has 1 aromatic heterocycles. The molecule has 24 heavy (non-hydrogen) atoms. The first-order chi connectivity index (χ1) is 11.5. The van der Waals surface area contributed by atoms with Crippen molar-refractivity contribution in [2.24, 2.45) is 5.41 Å². The number of rotatable bonds is 3. The lowest BCUT2D eigenvalue weighted by atomic mass is 9.68. The van der Waals surface area contributed by atoms with Crippen LogP contribution in [0.1, 0.15) is 55.3 Å². The molecule has 7 heteroatoms. The van der Waals surface area contributed by atoms with Crippen LogP contribution in [0.4, 0.5) is 11.5 Å². The van der Waals surface area contributed by atoms with Crippen LogP contribution >= 0.6 is 0 Å². The zero-order chi connectivity index (χ0) is 17.2. The maximum absolute atomic E-state index is 11.6. The Bertz CT molecular complexity index is 631. The largest absolute Gasteiger partial charge is 0.465 e. The minimum absolute atomic E-state index is 0.105. The molecule has 1 saturated heterocycles. The van der Waals surface area contributed by atoms with Crippen LogP contribution in [0.2, 0.25) is 0 Å². The second kappa shape index (κ2) is 6.75. The summed E-state index contributed by atoms with van der Waals surface area (Å²) in [6.07, 6.45) is 9.95. The van der Waals surface area contributed by atoms with Crippen molar-refractivity contribution in [3.8, 4) is 0 Å². The molecular weight excluding hydrogens is 310 g/mol. The molecule has 0 radical (unpaired) electrons. The highest BCUT2D eigenvalue weighted by molar-refractivity contribution is 5.90. The van der Waals surface area contributed by atoms with Crippen LogP contribution in [0.5, 0.6) is 0 Å². The van der Waals surface area contributed by atoms with Gasteiger partial charge in [-0.1, -0.05) is 19.3 Å². The van der Waals surface area contributed by atoms with Gasteiger partial charge in [0, 0.05) is 25.4 Å². The van der Waals surface area contributed by atoms with Crippen molar-refractivity contribution in [1.29, 1.82) is 0 Å². The number of hydrogen-bond acceptors (Lipinski definition) is 6. The van der Waals surface area contributed by atoms with Crippen molar-refractivity contribution in [1.82, 2.24) is 4.98 Å². The highest BCUT2D eigenvalue weighted by atomic mass is 16.6. The molecule has 1 aromatic rings. The van der Waals surface area contributed by atoms with Crippen LogP contribution in [-0.4, -0.2) is 36.1 Å². The maximum Gasteiger partial charge on any atom is 0.339 e. The number of esters is 1. The predicted molar refractivity (Wildman–Crippen MR) is 89.2 cm³/mol. The van der Waals surface area contributed by atoms with Gasteiger partial charge in [0.05, 0.1) is 17.6 Å². The minimum Gasteiger partial charge on any atom is -0.465 e. The molecule has 2 heterocycles. The third-order valence-electron chi connectivity index (χ3n) is 5.50. The zero-order valence-corrected chi connectivity index (χ0v) is 14.0. The second-order valence-electron chi connectivity index (χ2n) is 6.86. The number of nitro groups is 1. The van der Waals surface area contributed by atoms with Crippen LogP contribution in [0.3, 0.4) is 0 Å². The number of anilines is 1. The van der Waals surface area contributed by atoms with Crippen LogP contribution < -0.4 is 4.90 Å². The third kappa shape index (κ3) is 3.20. The van der Waals surface area contributed by atoms with Crippen LogP contribution in [0.15, 0.2) is 12.3 Å². The molecule has 1 saturated carbocycles. The molecule has 3 rings (SSSR count). The summed E-state index contributed by atoms with van der Waals surface area (Å²) in [5, 5.41) is 11.4. The lowest BCUT2D eigenvalue weighted by Crippen LogP contribution is -2.41. The van der Waals surface area contributed by atoms with Gasteiger partial charge in [-0.2, -0.15) is 0 Å². The number of piperidine rings is 1. The van der Waals surface area contributed by atoms with Gasteiger partial charge in [-0.15, -0.1) is 0 Å². The summed E-state index contributed by atoms with van der Waals surface area (Å²) in [4.78, 5) is 28.7. The first-order valence-electron chi connectivity index (χ1n) is 8.52. The lowest BCUT2D eigenvalue weighted by molar-refractivity contribution is -0.384. The van der Waals surface area contributed by atoms with Gasteiger partial charge in [-0.25, -0.2) is 9.78 Å². The Morgan fingerprint density at radius 2 is 1.92 bits per heavy atom. The van der Waals surface area contributed by atoms with Crippen molar-refractivity contribution < 1.29 is 14.5 Å². The summed E-state index contributed by atoms with van der Waals surface area (Å²) >= 11 is 0. The van der Waals surface area contributed by atoms with Gasteiger partial charge in [-0.05, 0) is 31.1 Å². The molecule has 0 amide bonds. The Labute approximate surface area is 141 Å². The van der Waals surface area contributed by atoms with Gasteiger partial charge in [0.1, 0.15) is 0 Å². The van der Waals surface area contributed by atoms with E-state index in [4.69, 9.17) is 0 Å². The summed E-state index contributed by atoms with van der Waals surface area (Å²) in [6, 6.07) is 1.26. The monoisotopic (exact) mass is 333 g/mol. The number of ether oxygens (including phenoxy) is 1. The van der Waals surface area contributed by atoms with E-state index >= 15 is 0 Å². The van der Waals surface area contributed by atoms with E-state index in [1.165, 1.54) is 51.5 Å². The van der Waals surface area contributed by atoms with E-state index in [9.17, 15) is 14.9 Å². The lowest BCUT2D eigenvalue weighted by Gasteiger charge is -2.44. The Hall–Kier alpha value is -2.18. The Balaban J connectivity index is 1.79. The summed E-state index contributed by atoms with van der Waals surface area (Å²) in [5.74, 6) is -0.254. The number of methoxy groups -OCH3 is 1. The van der Waals surface area contributed by atoms with Crippen LogP contribution in [0.25, 0.3) is 0 Å². The van der Waals surface area contributed by atoms with Crippen molar-refractivity contribution >= 4 is 17.5 Å². The summed E-state index contributed by atoms with van der Waals surface area (Å²) in [6.45, 7) is 1.57. The number of carbonyl (C=O) groups excluding carboxylic acids is 1. The highest BCUT2D eigenvalue weighted by Crippen LogP contribution is 2.45. The van der Waals surface area contributed by atoms with E-state index in [2.05, 4.69) is 9.72 Å². The van der Waals surface area contributed by atoms with Gasteiger partial charge in [0.2, 0.25) is 5.82 Å². The molecule has 0 atom stereocenters. The van der Waals surface area contributed by atoms with Crippen molar-refractivity contribution in [2.45, 2.75) is 44.9 Å². The molecule has 1 spiro atoms. The summed E-state index contributed by atoms with van der Waals surface area (Å²) in [5.41, 5.74) is 0.404. The molecular formula is C17H23N3O4. The van der Waals surface area contributed by atoms with Gasteiger partial charge in [-0.3, -0.25) is 10.1 Å². The van der Waals surface area contributed by atoms with Gasteiger partial charge >= 0.3 is 11.7 Å². The van der Waals surface area contributed by atoms with Crippen molar-refractivity contribution in [3.05, 3.63) is 27.9 Å².